The highest BCUT2D eigenvalue weighted by Gasteiger charge is 2.17. The van der Waals surface area contributed by atoms with Crippen LogP contribution in [-0.2, 0) is 18.7 Å². The van der Waals surface area contributed by atoms with Crippen molar-refractivity contribution in [2.45, 2.75) is 37.7 Å². The zero-order chi connectivity index (χ0) is 25.2. The molecule has 36 heavy (non-hydrogen) atoms. The Morgan fingerprint density at radius 3 is 2.39 bits per heavy atom. The summed E-state index contributed by atoms with van der Waals surface area (Å²) in [4.78, 5) is 9.79. The van der Waals surface area contributed by atoms with Crippen molar-refractivity contribution in [2.75, 3.05) is 14.2 Å². The van der Waals surface area contributed by atoms with E-state index in [1.165, 1.54) is 0 Å². The number of thioether (sulfide) groups is 1. The number of aromatic nitrogens is 6. The molecule has 0 aliphatic heterocycles. The molecule has 5 rings (SSSR count). The molecule has 3 aromatic heterocycles. The third kappa shape index (κ3) is 4.57. The van der Waals surface area contributed by atoms with E-state index >= 15 is 0 Å². The average molecular weight is 500 g/mol. The van der Waals surface area contributed by atoms with Gasteiger partial charge in [-0.3, -0.25) is 4.68 Å². The maximum absolute atomic E-state index is 9.06. The van der Waals surface area contributed by atoms with Gasteiger partial charge in [-0.25, -0.2) is 9.97 Å². The second-order valence-corrected chi connectivity index (χ2v) is 9.32. The van der Waals surface area contributed by atoms with Gasteiger partial charge < -0.3 is 9.47 Å². The SMILES string of the molecule is COc1cc2nc(SCc3ccc(C#N)cc3)n3nc(CCn4nc(C)cc4C)nc3c2cc1OC. The van der Waals surface area contributed by atoms with Gasteiger partial charge in [0.1, 0.15) is 0 Å². The molecule has 0 unspecified atom stereocenters. The lowest BCUT2D eigenvalue weighted by Gasteiger charge is -2.11. The summed E-state index contributed by atoms with van der Waals surface area (Å²) >= 11 is 1.57. The molecule has 5 aromatic rings. The maximum atomic E-state index is 9.06. The van der Waals surface area contributed by atoms with Crippen LogP contribution in [0.4, 0.5) is 0 Å². The smallest absolute Gasteiger partial charge is 0.191 e. The molecule has 0 saturated heterocycles. The summed E-state index contributed by atoms with van der Waals surface area (Å²) in [5.41, 5.74) is 5.30. The van der Waals surface area contributed by atoms with E-state index in [9.17, 15) is 0 Å². The Balaban J connectivity index is 1.54. The number of methoxy groups -OCH3 is 2. The standard InChI is InChI=1S/C26H25N7O2S/c1-16-11-17(2)32(30-16)10-9-24-29-25-20-12-22(34-3)23(35-4)13-21(20)28-26(33(25)31-24)36-15-19-7-5-18(14-27)6-8-19/h5-8,11-13H,9-10,15H2,1-4H3. The minimum Gasteiger partial charge on any atom is -0.493 e. The molecule has 10 heteroatoms. The highest BCUT2D eigenvalue weighted by atomic mass is 32.2. The van der Waals surface area contributed by atoms with Crippen LogP contribution in [0.5, 0.6) is 11.5 Å². The zero-order valence-electron chi connectivity index (χ0n) is 20.5. The summed E-state index contributed by atoms with van der Waals surface area (Å²) in [6, 6.07) is 15.5. The lowest BCUT2D eigenvalue weighted by atomic mass is 10.2. The second-order valence-electron chi connectivity index (χ2n) is 8.38. The summed E-state index contributed by atoms with van der Waals surface area (Å²) in [5.74, 6) is 2.60. The molecule has 9 nitrogen and oxygen atoms in total. The molecule has 0 N–H and O–H groups in total. The largest absolute Gasteiger partial charge is 0.493 e. The van der Waals surface area contributed by atoms with E-state index in [1.54, 1.807) is 30.5 Å². The van der Waals surface area contributed by atoms with Gasteiger partial charge in [-0.1, -0.05) is 23.9 Å². The lowest BCUT2D eigenvalue weighted by Crippen LogP contribution is -2.06. The topological polar surface area (TPSA) is 103 Å². The van der Waals surface area contributed by atoms with Gasteiger partial charge in [0.2, 0.25) is 0 Å². The van der Waals surface area contributed by atoms with Crippen LogP contribution in [0.3, 0.4) is 0 Å². The first-order valence-corrected chi connectivity index (χ1v) is 12.4. The lowest BCUT2D eigenvalue weighted by molar-refractivity contribution is 0.355. The molecule has 0 aliphatic rings. The number of ether oxygens (including phenoxy) is 2. The molecule has 0 radical (unpaired) electrons. The summed E-state index contributed by atoms with van der Waals surface area (Å²) < 4.78 is 14.8. The average Bonchev–Trinajstić information content (AvgIpc) is 3.47. The predicted molar refractivity (Wildman–Crippen MR) is 138 cm³/mol. The molecule has 0 spiro atoms. The Hall–Kier alpha value is -4.10. The van der Waals surface area contributed by atoms with Gasteiger partial charge in [0, 0.05) is 35.9 Å². The van der Waals surface area contributed by atoms with Crippen LogP contribution < -0.4 is 9.47 Å². The minimum absolute atomic E-state index is 0.606. The Bertz CT molecular complexity index is 1600. The summed E-state index contributed by atoms with van der Waals surface area (Å²) in [5, 5.41) is 20.0. The second kappa shape index (κ2) is 9.87. The number of benzene rings is 2. The summed E-state index contributed by atoms with van der Waals surface area (Å²) in [7, 11) is 3.22. The number of hydrogen-bond donors (Lipinski definition) is 0. The van der Waals surface area contributed by atoms with Gasteiger partial charge in [0.25, 0.3) is 0 Å². The van der Waals surface area contributed by atoms with Crippen molar-refractivity contribution in [1.29, 1.82) is 5.26 Å². The van der Waals surface area contributed by atoms with Crippen LogP contribution in [0.1, 0.15) is 28.3 Å². The van der Waals surface area contributed by atoms with E-state index in [-0.39, 0.29) is 0 Å². The normalized spacial score (nSPS) is 11.2. The molecule has 0 bridgehead atoms. The Kier molecular flexibility index (Phi) is 6.48. The fourth-order valence-corrected chi connectivity index (χ4v) is 4.98. The van der Waals surface area contributed by atoms with Crippen molar-refractivity contribution in [1.82, 2.24) is 29.4 Å². The first-order chi connectivity index (χ1) is 17.5. The van der Waals surface area contributed by atoms with Crippen LogP contribution in [0.2, 0.25) is 0 Å². The van der Waals surface area contributed by atoms with Gasteiger partial charge in [0.05, 0.1) is 37.1 Å². The van der Waals surface area contributed by atoms with E-state index in [0.29, 0.717) is 47.3 Å². The van der Waals surface area contributed by atoms with Crippen molar-refractivity contribution in [3.05, 3.63) is 70.8 Å². The van der Waals surface area contributed by atoms with Crippen LogP contribution in [0.15, 0.2) is 47.6 Å². The van der Waals surface area contributed by atoms with Crippen LogP contribution in [0.25, 0.3) is 16.6 Å². The Labute approximate surface area is 212 Å². The van der Waals surface area contributed by atoms with Gasteiger partial charge in [-0.2, -0.15) is 14.9 Å². The molecule has 0 amide bonds. The molecular formula is C26H25N7O2S. The van der Waals surface area contributed by atoms with Crippen molar-refractivity contribution >= 4 is 28.3 Å². The molecule has 3 heterocycles. The number of fused-ring (bicyclic) bond motifs is 3. The van der Waals surface area contributed by atoms with E-state index in [4.69, 9.17) is 29.8 Å². The summed E-state index contributed by atoms with van der Waals surface area (Å²) in [6.07, 6.45) is 0.637. The van der Waals surface area contributed by atoms with E-state index in [2.05, 4.69) is 17.2 Å². The van der Waals surface area contributed by atoms with Gasteiger partial charge in [-0.15, -0.1) is 5.10 Å². The van der Waals surface area contributed by atoms with E-state index < -0.39 is 0 Å². The molecule has 0 fully saturated rings. The minimum atomic E-state index is 0.606. The van der Waals surface area contributed by atoms with Crippen LogP contribution in [-0.4, -0.2) is 43.6 Å². The number of rotatable bonds is 8. The van der Waals surface area contributed by atoms with Crippen LogP contribution in [0, 0.1) is 25.2 Å². The highest BCUT2D eigenvalue weighted by molar-refractivity contribution is 7.98. The third-order valence-electron chi connectivity index (χ3n) is 5.89. The molecular weight excluding hydrogens is 474 g/mol. The van der Waals surface area contributed by atoms with Gasteiger partial charge >= 0.3 is 0 Å². The Morgan fingerprint density at radius 1 is 0.972 bits per heavy atom. The number of aryl methyl sites for hydroxylation is 4. The highest BCUT2D eigenvalue weighted by Crippen LogP contribution is 2.35. The molecule has 2 aromatic carbocycles. The van der Waals surface area contributed by atoms with Crippen molar-refractivity contribution < 1.29 is 9.47 Å². The van der Waals surface area contributed by atoms with E-state index in [0.717, 1.165) is 33.0 Å². The zero-order valence-corrected chi connectivity index (χ0v) is 21.3. The number of hydrogen-bond acceptors (Lipinski definition) is 8. The van der Waals surface area contributed by atoms with E-state index in [1.807, 2.05) is 54.9 Å². The fraction of sp³-hybridized carbons (Fsp3) is 0.269. The van der Waals surface area contributed by atoms with Gasteiger partial charge in [-0.05, 0) is 43.7 Å². The summed E-state index contributed by atoms with van der Waals surface area (Å²) in [6.45, 7) is 4.72. The fourth-order valence-electron chi connectivity index (χ4n) is 4.08. The monoisotopic (exact) mass is 499 g/mol. The first-order valence-electron chi connectivity index (χ1n) is 11.4. The molecule has 0 aliphatic carbocycles. The maximum Gasteiger partial charge on any atom is 0.191 e. The number of nitriles is 1. The van der Waals surface area contributed by atoms with Crippen LogP contribution >= 0.6 is 11.8 Å². The molecule has 0 atom stereocenters. The molecule has 182 valence electrons. The first kappa shape index (κ1) is 23.6. The number of nitrogens with zero attached hydrogens (tertiary/aromatic N) is 7. The van der Waals surface area contributed by atoms with Crippen molar-refractivity contribution in [3.8, 4) is 17.6 Å². The van der Waals surface area contributed by atoms with Crippen molar-refractivity contribution in [3.63, 3.8) is 0 Å². The predicted octanol–water partition coefficient (Wildman–Crippen LogP) is 4.51. The quantitative estimate of drug-likeness (QED) is 0.227. The van der Waals surface area contributed by atoms with Crippen molar-refractivity contribution in [2.24, 2.45) is 0 Å². The van der Waals surface area contributed by atoms with Gasteiger partial charge in [0.15, 0.2) is 28.1 Å². The third-order valence-corrected chi connectivity index (χ3v) is 6.89. The Morgan fingerprint density at radius 2 is 1.72 bits per heavy atom. The molecule has 0 saturated carbocycles.